The highest BCUT2D eigenvalue weighted by Gasteiger charge is 2.59. The molecule has 1 fully saturated rings. The molecule has 1 aliphatic carbocycles. The van der Waals surface area contributed by atoms with E-state index in [1.165, 1.54) is 16.7 Å². The molecule has 0 bridgehead atoms. The number of likely N-dealkylation sites (tertiary alicyclic amines) is 1. The number of fused-ring (bicyclic) bond motifs is 2. The fourth-order valence-electron chi connectivity index (χ4n) is 5.83. The monoisotopic (exact) mass is 545 g/mol. The minimum atomic E-state index is -1.57. The van der Waals surface area contributed by atoms with Gasteiger partial charge < -0.3 is 14.9 Å². The van der Waals surface area contributed by atoms with E-state index in [1.807, 2.05) is 25.7 Å². The van der Waals surface area contributed by atoms with E-state index in [2.05, 4.69) is 5.32 Å². The number of nitrogens with zero attached hydrogens (tertiary/aromatic N) is 2. The fraction of sp³-hybridized carbons (Fsp3) is 0.556. The fourth-order valence-corrected chi connectivity index (χ4v) is 7.09. The molecule has 1 saturated heterocycles. The molecule has 206 valence electrons. The molecule has 38 heavy (non-hydrogen) atoms. The van der Waals surface area contributed by atoms with Gasteiger partial charge in [0.1, 0.15) is 16.3 Å². The molecule has 11 heteroatoms. The Bertz CT molecular complexity index is 1220. The number of hydrogen-bond acceptors (Lipinski definition) is 7. The van der Waals surface area contributed by atoms with Crippen LogP contribution in [0, 0.1) is 5.41 Å². The molecule has 3 aliphatic rings. The molecule has 0 saturated carbocycles. The molecule has 4 rings (SSSR count). The van der Waals surface area contributed by atoms with Crippen molar-refractivity contribution >= 4 is 41.3 Å². The van der Waals surface area contributed by atoms with E-state index in [0.717, 1.165) is 0 Å². The molecule has 1 aromatic rings. The van der Waals surface area contributed by atoms with Crippen molar-refractivity contribution in [1.82, 2.24) is 15.1 Å². The summed E-state index contributed by atoms with van der Waals surface area (Å²) in [5, 5.41) is 22.8. The second-order valence-corrected chi connectivity index (χ2v) is 13.0. The number of nitrogens with one attached hydrogen (secondary N) is 1. The summed E-state index contributed by atoms with van der Waals surface area (Å²) in [6, 6.07) is 6.91. The number of piperidine rings is 1. The second-order valence-electron chi connectivity index (χ2n) is 12.1. The van der Waals surface area contributed by atoms with E-state index in [0.29, 0.717) is 53.5 Å². The average molecular weight is 546 g/mol. The molecule has 2 amide bonds. The highest BCUT2D eigenvalue weighted by Crippen LogP contribution is 2.49. The van der Waals surface area contributed by atoms with Crippen molar-refractivity contribution in [3.8, 4) is 0 Å². The Labute approximate surface area is 226 Å². The Hall–Kier alpha value is -3.05. The van der Waals surface area contributed by atoms with Crippen LogP contribution >= 0.6 is 11.8 Å². The van der Waals surface area contributed by atoms with Crippen LogP contribution in [0.4, 0.5) is 9.59 Å². The smallest absolute Gasteiger partial charge is 0.410 e. The minimum absolute atomic E-state index is 0.322. The zero-order chi connectivity index (χ0) is 28.3. The molecular weight excluding hydrogens is 510 g/mol. The summed E-state index contributed by atoms with van der Waals surface area (Å²) in [5.74, 6) is -1.79. The molecule has 1 spiro atoms. The van der Waals surface area contributed by atoms with Crippen molar-refractivity contribution < 1.29 is 34.1 Å². The van der Waals surface area contributed by atoms with E-state index in [-0.39, 0.29) is 0 Å². The predicted octanol–water partition coefficient (Wildman–Crippen LogP) is 4.46. The third-order valence-corrected chi connectivity index (χ3v) is 8.81. The van der Waals surface area contributed by atoms with Crippen molar-refractivity contribution in [2.45, 2.75) is 71.3 Å². The van der Waals surface area contributed by atoms with Crippen LogP contribution < -0.4 is 5.32 Å². The van der Waals surface area contributed by atoms with Crippen molar-refractivity contribution in [3.05, 3.63) is 40.3 Å². The Morgan fingerprint density at radius 1 is 1.00 bits per heavy atom. The number of ketones is 2. The number of ether oxygens (including phenoxy) is 1. The molecule has 3 N–H and O–H groups in total. The third-order valence-electron chi connectivity index (χ3n) is 7.48. The van der Waals surface area contributed by atoms with Gasteiger partial charge in [0.2, 0.25) is 11.6 Å². The van der Waals surface area contributed by atoms with Gasteiger partial charge in [0, 0.05) is 53.8 Å². The Morgan fingerprint density at radius 3 is 2.08 bits per heavy atom. The number of carboxylic acid groups (broad SMARTS) is 2. The number of amides is 2. The van der Waals surface area contributed by atoms with Gasteiger partial charge in [-0.05, 0) is 20.8 Å². The van der Waals surface area contributed by atoms with Crippen molar-refractivity contribution in [2.24, 2.45) is 5.41 Å². The van der Waals surface area contributed by atoms with Gasteiger partial charge in [0.05, 0.1) is 0 Å². The van der Waals surface area contributed by atoms with Crippen molar-refractivity contribution in [1.29, 1.82) is 0 Å². The molecule has 0 radical (unpaired) electrons. The summed E-state index contributed by atoms with van der Waals surface area (Å²) in [6.45, 7) is 11.4. The minimum Gasteiger partial charge on any atom is -0.484 e. The highest BCUT2D eigenvalue weighted by atomic mass is 32.2. The van der Waals surface area contributed by atoms with E-state index in [4.69, 9.17) is 4.74 Å². The molecule has 1 atom stereocenters. The summed E-state index contributed by atoms with van der Waals surface area (Å²) in [7, 11) is 0. The summed E-state index contributed by atoms with van der Waals surface area (Å²) >= 11 is 1.32. The number of rotatable bonds is 3. The molecule has 2 heterocycles. The molecular formula is C27H35N3O7S. The number of carbonyl (C=O) groups is 4. The lowest BCUT2D eigenvalue weighted by Gasteiger charge is -2.61. The van der Waals surface area contributed by atoms with Crippen LogP contribution in [-0.2, 0) is 9.53 Å². The first kappa shape index (κ1) is 28.0. The van der Waals surface area contributed by atoms with Gasteiger partial charge in [-0.25, -0.2) is 9.59 Å². The zero-order valence-corrected chi connectivity index (χ0v) is 23.4. The van der Waals surface area contributed by atoms with Gasteiger partial charge in [-0.1, -0.05) is 45.0 Å². The van der Waals surface area contributed by atoms with E-state index >= 15 is 0 Å². The number of hydrogen-bond donors (Lipinski definition) is 3. The first-order valence-corrected chi connectivity index (χ1v) is 13.6. The maximum atomic E-state index is 12.8. The van der Waals surface area contributed by atoms with Crippen molar-refractivity contribution in [2.75, 3.05) is 18.8 Å². The largest absolute Gasteiger partial charge is 0.484 e. The SMILES string of the molecule is CC(C)(C)N(C(=O)O)C(NC(=O)O)(N1CCC2(CC1)CSC1=C(O2)c2ccccc2C(=O)C1=O)C(C)(C)C. The van der Waals surface area contributed by atoms with Crippen LogP contribution in [0.15, 0.2) is 29.2 Å². The Balaban J connectivity index is 1.70. The molecule has 2 aliphatic heterocycles. The molecule has 10 nitrogen and oxygen atoms in total. The maximum absolute atomic E-state index is 12.8. The maximum Gasteiger partial charge on any atom is 0.410 e. The number of thioether (sulfide) groups is 1. The lowest BCUT2D eigenvalue weighted by molar-refractivity contribution is -0.178. The summed E-state index contributed by atoms with van der Waals surface area (Å²) < 4.78 is 6.56. The highest BCUT2D eigenvalue weighted by molar-refractivity contribution is 8.04. The van der Waals surface area contributed by atoms with Gasteiger partial charge in [-0.3, -0.25) is 24.7 Å². The zero-order valence-electron chi connectivity index (χ0n) is 22.6. The molecule has 1 unspecified atom stereocenters. The quantitative estimate of drug-likeness (QED) is 0.371. The third kappa shape index (κ3) is 4.45. The lowest BCUT2D eigenvalue weighted by Crippen LogP contribution is -2.80. The lowest BCUT2D eigenvalue weighted by atomic mass is 9.79. The van der Waals surface area contributed by atoms with Crippen LogP contribution in [0.3, 0.4) is 0 Å². The molecule has 0 aromatic heterocycles. The average Bonchev–Trinajstić information content (AvgIpc) is 2.80. The number of allylic oxidation sites excluding steroid dienone is 1. The van der Waals surface area contributed by atoms with Crippen LogP contribution in [0.2, 0.25) is 0 Å². The van der Waals surface area contributed by atoms with Gasteiger partial charge in [-0.15, -0.1) is 11.8 Å². The first-order chi connectivity index (χ1) is 17.5. The molecule has 1 aromatic carbocycles. The number of Topliss-reactive ketones (excluding diaryl/α,β-unsaturated/α-hetero) is 2. The summed E-state index contributed by atoms with van der Waals surface area (Å²) in [6.07, 6.45) is -1.62. The Kier molecular flexibility index (Phi) is 6.85. The van der Waals surface area contributed by atoms with E-state index in [1.54, 1.807) is 45.0 Å². The van der Waals surface area contributed by atoms with Gasteiger partial charge in [0.15, 0.2) is 5.79 Å². The van der Waals surface area contributed by atoms with E-state index < -0.39 is 46.1 Å². The normalized spacial score (nSPS) is 21.2. The van der Waals surface area contributed by atoms with Gasteiger partial charge in [0.25, 0.3) is 0 Å². The van der Waals surface area contributed by atoms with Gasteiger partial charge in [-0.2, -0.15) is 0 Å². The summed E-state index contributed by atoms with van der Waals surface area (Å²) in [4.78, 5) is 53.6. The van der Waals surface area contributed by atoms with Crippen molar-refractivity contribution in [3.63, 3.8) is 0 Å². The predicted molar refractivity (Wildman–Crippen MR) is 143 cm³/mol. The standard InChI is InChI=1S/C27H35N3O7S/c1-24(2,3)27(28-22(33)34,30(23(35)36)25(4,5)6)29-13-11-26(12-14-29)15-38-21-19(32)18(31)16-9-7-8-10-17(16)20(21)37-26/h7-10,28H,11-15H2,1-6H3,(H,33,34)(H,35,36). The van der Waals surface area contributed by atoms with Crippen LogP contribution in [0.1, 0.15) is 70.3 Å². The summed E-state index contributed by atoms with van der Waals surface area (Å²) in [5.41, 5.74) is -1.51. The van der Waals surface area contributed by atoms with Crippen LogP contribution in [0.5, 0.6) is 0 Å². The second kappa shape index (κ2) is 9.30. The van der Waals surface area contributed by atoms with Gasteiger partial charge >= 0.3 is 12.2 Å². The van der Waals surface area contributed by atoms with Crippen LogP contribution in [0.25, 0.3) is 5.76 Å². The first-order valence-electron chi connectivity index (χ1n) is 12.6. The topological polar surface area (TPSA) is 136 Å². The van der Waals surface area contributed by atoms with Crippen LogP contribution in [-0.4, -0.2) is 79.5 Å². The van der Waals surface area contributed by atoms with E-state index in [9.17, 15) is 29.4 Å². The number of benzene rings is 1. The Morgan fingerprint density at radius 2 is 1.58 bits per heavy atom. The number of carbonyl (C=O) groups excluding carboxylic acids is 2.